The van der Waals surface area contributed by atoms with Crippen LogP contribution in [0.1, 0.15) is 60.3 Å². The number of ether oxygens (including phenoxy) is 1. The number of nitrogens with one attached hydrogen (secondary N) is 1. The first-order valence-corrected chi connectivity index (χ1v) is 14.2. The molecule has 1 fully saturated rings. The van der Waals surface area contributed by atoms with Crippen molar-refractivity contribution in [2.75, 3.05) is 19.6 Å². The quantitative estimate of drug-likeness (QED) is 0.432. The van der Waals surface area contributed by atoms with E-state index in [2.05, 4.69) is 10.3 Å². The van der Waals surface area contributed by atoms with Crippen molar-refractivity contribution in [3.63, 3.8) is 0 Å². The van der Waals surface area contributed by atoms with Crippen LogP contribution in [-0.4, -0.2) is 72.6 Å². The monoisotopic (exact) mass is 538 g/mol. The lowest BCUT2D eigenvalue weighted by Crippen LogP contribution is -2.51. The molecule has 206 valence electrons. The number of aromatic nitrogens is 1. The Morgan fingerprint density at radius 1 is 1.27 bits per heavy atom. The fourth-order valence-electron chi connectivity index (χ4n) is 4.57. The molecule has 1 aromatic carbocycles. The van der Waals surface area contributed by atoms with E-state index in [0.717, 1.165) is 19.0 Å². The van der Waals surface area contributed by atoms with Gasteiger partial charge >= 0.3 is 6.09 Å². The van der Waals surface area contributed by atoms with Gasteiger partial charge in [0.1, 0.15) is 11.6 Å². The predicted molar refractivity (Wildman–Crippen MR) is 143 cm³/mol. The number of benzene rings is 1. The highest BCUT2D eigenvalue weighted by Gasteiger charge is 2.37. The summed E-state index contributed by atoms with van der Waals surface area (Å²) >= 11 is 0. The number of alkyl carbamates (subject to hydrolysis) is 1. The van der Waals surface area contributed by atoms with Crippen molar-refractivity contribution in [1.29, 1.82) is 0 Å². The third kappa shape index (κ3) is 7.10. The number of fused-ring (bicyclic) bond motifs is 1. The van der Waals surface area contributed by atoms with Crippen molar-refractivity contribution in [1.82, 2.24) is 19.5 Å². The van der Waals surface area contributed by atoms with E-state index in [1.54, 1.807) is 42.1 Å². The molecule has 9 nitrogen and oxygen atoms in total. The Morgan fingerprint density at radius 3 is 2.68 bits per heavy atom. The maximum absolute atomic E-state index is 14.7. The number of hydrogen-bond acceptors (Lipinski definition) is 7. The Kier molecular flexibility index (Phi) is 9.38. The van der Waals surface area contributed by atoms with Gasteiger partial charge in [0, 0.05) is 42.6 Å². The highest BCUT2D eigenvalue weighted by atomic mass is 32.3. The lowest BCUT2D eigenvalue weighted by atomic mass is 10.1. The van der Waals surface area contributed by atoms with Gasteiger partial charge in [-0.25, -0.2) is 9.18 Å². The van der Waals surface area contributed by atoms with Gasteiger partial charge in [-0.1, -0.05) is 31.9 Å². The Hall–Kier alpha value is -2.47. The first-order valence-electron chi connectivity index (χ1n) is 12.7. The van der Waals surface area contributed by atoms with Gasteiger partial charge in [-0.2, -0.15) is 4.31 Å². The van der Waals surface area contributed by atoms with Gasteiger partial charge in [0.15, 0.2) is 5.82 Å². The second-order valence-corrected chi connectivity index (χ2v) is 12.4. The minimum absolute atomic E-state index is 0.101. The molecule has 2 amide bonds. The fourth-order valence-corrected chi connectivity index (χ4v) is 6.52. The summed E-state index contributed by atoms with van der Waals surface area (Å²) in [6, 6.07) is 3.65. The summed E-state index contributed by atoms with van der Waals surface area (Å²) in [7, 11) is -3.57. The molecule has 1 aromatic heterocycles. The lowest BCUT2D eigenvalue weighted by Gasteiger charge is -2.46. The normalized spacial score (nSPS) is 18.8. The molecule has 0 unspecified atom stereocenters. The van der Waals surface area contributed by atoms with Crippen LogP contribution in [0.2, 0.25) is 0 Å². The van der Waals surface area contributed by atoms with E-state index in [9.17, 15) is 23.1 Å². The molecule has 0 radical (unpaired) electrons. The number of rotatable bonds is 7. The van der Waals surface area contributed by atoms with Crippen molar-refractivity contribution < 1.29 is 27.8 Å². The van der Waals surface area contributed by atoms with Gasteiger partial charge in [-0.15, -0.1) is 10.8 Å². The largest absolute Gasteiger partial charge is 0.444 e. The molecule has 1 aliphatic rings. The molecule has 0 spiro atoms. The van der Waals surface area contributed by atoms with Crippen LogP contribution in [0.4, 0.5) is 9.18 Å². The van der Waals surface area contributed by atoms with E-state index in [1.165, 1.54) is 12.3 Å². The topological polar surface area (TPSA) is 115 Å². The predicted octanol–water partition coefficient (Wildman–Crippen LogP) is 5.40. The standard InChI is InChI=1S/C26H39FN4O5S/c1-6-7-11-21(29-25(33)36-26(3,4)5)24(32)30-13-9-14-31(18(2)17-30)37(34,35)22-12-8-10-19-15-28-16-20(27)23(19)22/h8,10,12,15-16,18,21,34-35H,6-7,9,11,13-14,17H2,1-5H3,(H,29,33)/t18-,21-/m0/s1. The minimum atomic E-state index is -3.57. The molecular weight excluding hydrogens is 499 g/mol. The molecule has 3 rings (SSSR count). The third-order valence-electron chi connectivity index (χ3n) is 6.25. The summed E-state index contributed by atoms with van der Waals surface area (Å²) < 4.78 is 44.4. The lowest BCUT2D eigenvalue weighted by molar-refractivity contribution is -0.133. The van der Waals surface area contributed by atoms with E-state index in [0.29, 0.717) is 31.3 Å². The third-order valence-corrected chi connectivity index (χ3v) is 8.38. The van der Waals surface area contributed by atoms with Crippen molar-refractivity contribution >= 4 is 33.5 Å². The SMILES string of the molecule is CCCC[C@H](NC(=O)OC(C)(C)C)C(=O)N1CCCN(S(O)(O)c2cccc3cncc(F)c23)[C@@H](C)C1. The molecular formula is C26H39FN4O5S. The molecule has 37 heavy (non-hydrogen) atoms. The number of amides is 2. The molecule has 2 heterocycles. The summed E-state index contributed by atoms with van der Waals surface area (Å²) in [5.41, 5.74) is -0.689. The van der Waals surface area contributed by atoms with Crippen LogP contribution in [-0.2, 0) is 9.53 Å². The van der Waals surface area contributed by atoms with E-state index < -0.39 is 40.4 Å². The van der Waals surface area contributed by atoms with E-state index in [1.807, 2.05) is 13.8 Å². The van der Waals surface area contributed by atoms with E-state index in [4.69, 9.17) is 4.74 Å². The highest BCUT2D eigenvalue weighted by Crippen LogP contribution is 2.55. The Labute approximate surface area is 219 Å². The molecule has 11 heteroatoms. The molecule has 0 aliphatic carbocycles. The van der Waals surface area contributed by atoms with E-state index in [-0.39, 0.29) is 22.7 Å². The van der Waals surface area contributed by atoms with Crippen LogP contribution in [0, 0.1) is 5.82 Å². The number of halogens is 1. The van der Waals surface area contributed by atoms with Crippen LogP contribution in [0.25, 0.3) is 10.8 Å². The first kappa shape index (κ1) is 29.1. The zero-order chi connectivity index (χ0) is 27.4. The zero-order valence-electron chi connectivity index (χ0n) is 22.2. The number of hydrogen-bond donors (Lipinski definition) is 3. The van der Waals surface area contributed by atoms with Crippen LogP contribution in [0.3, 0.4) is 0 Å². The van der Waals surface area contributed by atoms with Gasteiger partial charge in [0.2, 0.25) is 5.91 Å². The van der Waals surface area contributed by atoms with Crippen molar-refractivity contribution in [2.45, 2.75) is 82.9 Å². The summed E-state index contributed by atoms with van der Waals surface area (Å²) in [6.45, 7) is 10.0. The van der Waals surface area contributed by atoms with E-state index >= 15 is 0 Å². The van der Waals surface area contributed by atoms with Gasteiger partial charge < -0.3 is 15.0 Å². The van der Waals surface area contributed by atoms with Gasteiger partial charge in [0.25, 0.3) is 0 Å². The average Bonchev–Trinajstić information content (AvgIpc) is 3.02. The Morgan fingerprint density at radius 2 is 2.00 bits per heavy atom. The van der Waals surface area contributed by atoms with Crippen molar-refractivity contribution in [2.24, 2.45) is 0 Å². The molecule has 3 N–H and O–H groups in total. The second kappa shape index (κ2) is 11.9. The smallest absolute Gasteiger partial charge is 0.408 e. The Balaban J connectivity index is 1.81. The maximum atomic E-state index is 14.7. The van der Waals surface area contributed by atoms with Gasteiger partial charge in [0.05, 0.1) is 11.1 Å². The first-order chi connectivity index (χ1) is 17.3. The number of carbonyl (C=O) groups excluding carboxylic acids is 2. The molecule has 1 saturated heterocycles. The maximum Gasteiger partial charge on any atom is 0.408 e. The average molecular weight is 539 g/mol. The summed E-state index contributed by atoms with van der Waals surface area (Å²) in [5, 5.41) is 3.33. The highest BCUT2D eigenvalue weighted by molar-refractivity contribution is 8.22. The number of nitrogens with zero attached hydrogens (tertiary/aromatic N) is 3. The fraction of sp³-hybridized carbons (Fsp3) is 0.577. The molecule has 0 saturated carbocycles. The molecule has 2 atom stereocenters. The molecule has 1 aliphatic heterocycles. The number of pyridine rings is 1. The molecule has 0 bridgehead atoms. The van der Waals surface area contributed by atoms with Crippen LogP contribution in [0.5, 0.6) is 0 Å². The van der Waals surface area contributed by atoms with Crippen LogP contribution >= 0.6 is 10.8 Å². The van der Waals surface area contributed by atoms with Gasteiger partial charge in [-0.05, 0) is 46.6 Å². The van der Waals surface area contributed by atoms with Crippen molar-refractivity contribution in [3.8, 4) is 0 Å². The van der Waals surface area contributed by atoms with Crippen LogP contribution < -0.4 is 5.32 Å². The molecule has 2 aromatic rings. The summed E-state index contributed by atoms with van der Waals surface area (Å²) in [4.78, 5) is 31.5. The second-order valence-electron chi connectivity index (χ2n) is 10.5. The summed E-state index contributed by atoms with van der Waals surface area (Å²) in [6.07, 6.45) is 4.47. The van der Waals surface area contributed by atoms with Gasteiger partial charge in [-0.3, -0.25) is 18.9 Å². The number of carbonyl (C=O) groups is 2. The van der Waals surface area contributed by atoms with Crippen LogP contribution in [0.15, 0.2) is 35.5 Å². The number of unbranched alkanes of at least 4 members (excludes halogenated alkanes) is 1. The Bertz CT molecular complexity index is 1100. The zero-order valence-corrected chi connectivity index (χ0v) is 23.1. The minimum Gasteiger partial charge on any atom is -0.444 e. The van der Waals surface area contributed by atoms with Crippen molar-refractivity contribution in [3.05, 3.63) is 36.4 Å². The summed E-state index contributed by atoms with van der Waals surface area (Å²) in [5.74, 6) is -0.855.